The highest BCUT2D eigenvalue weighted by molar-refractivity contribution is 6.14. The van der Waals surface area contributed by atoms with Crippen molar-refractivity contribution >= 4 is 87.2 Å². The first-order valence-corrected chi connectivity index (χ1v) is 22.7. The van der Waals surface area contributed by atoms with E-state index in [1.54, 1.807) is 0 Å². The highest BCUT2D eigenvalue weighted by Crippen LogP contribution is 2.40. The van der Waals surface area contributed by atoms with Gasteiger partial charge < -0.3 is 9.13 Å². The Balaban J connectivity index is 0.998. The van der Waals surface area contributed by atoms with Gasteiger partial charge in [0, 0.05) is 60.0 Å². The maximum Gasteiger partial charge on any atom is 0.240 e. The molecule has 314 valence electrons. The van der Waals surface area contributed by atoms with Crippen LogP contribution in [0.5, 0.6) is 0 Å². The molecule has 7 heteroatoms. The predicted octanol–water partition coefficient (Wildman–Crippen LogP) is 14.7. The van der Waals surface area contributed by atoms with Gasteiger partial charge in [0.15, 0.2) is 5.82 Å². The molecule has 0 fully saturated rings. The lowest BCUT2D eigenvalue weighted by molar-refractivity contribution is 0.892. The molecule has 0 radical (unpaired) electrons. The summed E-state index contributed by atoms with van der Waals surface area (Å²) in [5.74, 6) is 1.68. The molecular formula is C60H39N7. The number of aromatic nitrogens is 7. The lowest BCUT2D eigenvalue weighted by atomic mass is 10.1. The second-order valence-corrected chi connectivity index (χ2v) is 17.3. The number of hydrogen-bond donors (Lipinski definition) is 0. The van der Waals surface area contributed by atoms with Crippen LogP contribution in [-0.4, -0.2) is 33.2 Å². The molecule has 0 bridgehead atoms. The van der Waals surface area contributed by atoms with Crippen molar-refractivity contribution in [3.05, 3.63) is 224 Å². The number of nitrogens with zero attached hydrogens (tertiary/aromatic N) is 7. The van der Waals surface area contributed by atoms with Crippen LogP contribution in [0.15, 0.2) is 219 Å². The van der Waals surface area contributed by atoms with Gasteiger partial charge in [-0.2, -0.15) is 15.0 Å². The molecule has 14 aromatic rings. The maximum atomic E-state index is 5.46. The fourth-order valence-electron chi connectivity index (χ4n) is 10.7. The summed E-state index contributed by atoms with van der Waals surface area (Å²) in [7, 11) is 0. The van der Waals surface area contributed by atoms with Crippen LogP contribution >= 0.6 is 0 Å². The molecule has 0 atom stereocenters. The molecule has 0 unspecified atom stereocenters. The normalized spacial score (nSPS) is 12.0. The summed E-state index contributed by atoms with van der Waals surface area (Å²) in [6.07, 6.45) is 2.79. The zero-order chi connectivity index (χ0) is 44.2. The lowest BCUT2D eigenvalue weighted by Crippen LogP contribution is -2.10. The Bertz CT molecular complexity index is 4280. The predicted molar refractivity (Wildman–Crippen MR) is 277 cm³/mol. The second kappa shape index (κ2) is 14.5. The van der Waals surface area contributed by atoms with Gasteiger partial charge in [0.2, 0.25) is 11.9 Å². The van der Waals surface area contributed by atoms with Gasteiger partial charge in [-0.3, -0.25) is 9.13 Å². The molecular weight excluding hydrogens is 819 g/mol. The smallest absolute Gasteiger partial charge is 0.240 e. The van der Waals surface area contributed by atoms with Crippen molar-refractivity contribution in [3.63, 3.8) is 0 Å². The summed E-state index contributed by atoms with van der Waals surface area (Å²) in [5.41, 5.74) is 13.1. The zero-order valence-electron chi connectivity index (χ0n) is 36.3. The van der Waals surface area contributed by atoms with E-state index in [2.05, 4.69) is 213 Å². The topological polar surface area (TPSA) is 58.4 Å². The molecule has 14 rings (SSSR count). The van der Waals surface area contributed by atoms with Crippen molar-refractivity contribution < 1.29 is 0 Å². The van der Waals surface area contributed by atoms with Gasteiger partial charge in [0.25, 0.3) is 0 Å². The lowest BCUT2D eigenvalue weighted by Gasteiger charge is -2.13. The van der Waals surface area contributed by atoms with E-state index in [-0.39, 0.29) is 0 Å². The molecule has 9 aromatic carbocycles. The molecule has 67 heavy (non-hydrogen) atoms. The molecule has 5 aromatic heterocycles. The number of hydrogen-bond acceptors (Lipinski definition) is 3. The molecule has 7 nitrogen and oxygen atoms in total. The molecule has 0 amide bonds. The average molecular weight is 858 g/mol. The minimum Gasteiger partial charge on any atom is -0.309 e. The molecule has 0 aliphatic heterocycles. The van der Waals surface area contributed by atoms with Crippen LogP contribution in [-0.2, 0) is 6.42 Å². The molecule has 0 saturated carbocycles. The first kappa shape index (κ1) is 37.3. The van der Waals surface area contributed by atoms with E-state index in [0.717, 1.165) is 67.0 Å². The number of fused-ring (bicyclic) bond motifs is 12. The van der Waals surface area contributed by atoms with Gasteiger partial charge in [0.05, 0.1) is 44.1 Å². The third-order valence-corrected chi connectivity index (χ3v) is 13.6. The summed E-state index contributed by atoms with van der Waals surface area (Å²) < 4.78 is 9.16. The SMILES string of the molecule is C=CCc1ccc2c(c1)c1ccccc1n2-c1ccc2c(c1)c1ccccc1n2-c1nc(-c2ccccc2)nc(-n2c3ccccc3c3cc(-n4c5ccccc5c5ccccc54)ccc32)n1. The van der Waals surface area contributed by atoms with Crippen molar-refractivity contribution in [2.24, 2.45) is 0 Å². The van der Waals surface area contributed by atoms with Crippen LogP contribution in [0.4, 0.5) is 0 Å². The molecule has 5 heterocycles. The highest BCUT2D eigenvalue weighted by atomic mass is 15.3. The van der Waals surface area contributed by atoms with Crippen molar-refractivity contribution in [2.45, 2.75) is 6.42 Å². The van der Waals surface area contributed by atoms with E-state index in [4.69, 9.17) is 15.0 Å². The number of benzene rings is 9. The van der Waals surface area contributed by atoms with Crippen molar-refractivity contribution in [2.75, 3.05) is 0 Å². The monoisotopic (exact) mass is 857 g/mol. The minimum absolute atomic E-state index is 0.544. The van der Waals surface area contributed by atoms with E-state index in [0.29, 0.717) is 17.7 Å². The fraction of sp³-hybridized carbons (Fsp3) is 0.0167. The zero-order valence-corrected chi connectivity index (χ0v) is 36.3. The highest BCUT2D eigenvalue weighted by Gasteiger charge is 2.23. The summed E-state index contributed by atoms with van der Waals surface area (Å²) in [4.78, 5) is 16.1. The first-order valence-electron chi connectivity index (χ1n) is 22.7. The van der Waals surface area contributed by atoms with Crippen LogP contribution in [0.3, 0.4) is 0 Å². The van der Waals surface area contributed by atoms with Crippen molar-refractivity contribution in [1.82, 2.24) is 33.2 Å². The van der Waals surface area contributed by atoms with Gasteiger partial charge in [-0.05, 0) is 90.8 Å². The van der Waals surface area contributed by atoms with Crippen LogP contribution in [0.25, 0.3) is 122 Å². The summed E-state index contributed by atoms with van der Waals surface area (Å²) in [6.45, 7) is 4.00. The quantitative estimate of drug-likeness (QED) is 0.150. The average Bonchev–Trinajstić information content (AvgIpc) is 4.11. The Labute approximate surface area is 384 Å². The summed E-state index contributed by atoms with van der Waals surface area (Å²) >= 11 is 0. The molecule has 0 N–H and O–H groups in total. The first-order chi connectivity index (χ1) is 33.2. The van der Waals surface area contributed by atoms with Gasteiger partial charge in [0.1, 0.15) is 0 Å². The summed E-state index contributed by atoms with van der Waals surface area (Å²) in [5, 5.41) is 9.39. The van der Waals surface area contributed by atoms with Crippen LogP contribution in [0.1, 0.15) is 5.56 Å². The Kier molecular flexibility index (Phi) is 8.06. The fourth-order valence-corrected chi connectivity index (χ4v) is 10.7. The molecule has 0 aliphatic rings. The number of rotatable bonds is 7. The Morgan fingerprint density at radius 2 is 0.687 bits per heavy atom. The second-order valence-electron chi connectivity index (χ2n) is 17.3. The van der Waals surface area contributed by atoms with E-state index >= 15 is 0 Å². The number of para-hydroxylation sites is 5. The Morgan fingerprint density at radius 3 is 1.15 bits per heavy atom. The van der Waals surface area contributed by atoms with E-state index in [1.807, 2.05) is 24.3 Å². The Hall–Kier alpha value is -9.07. The van der Waals surface area contributed by atoms with Gasteiger partial charge in [-0.1, -0.05) is 133 Å². The molecule has 0 aliphatic carbocycles. The van der Waals surface area contributed by atoms with Crippen LogP contribution < -0.4 is 0 Å². The van der Waals surface area contributed by atoms with Gasteiger partial charge in [-0.15, -0.1) is 6.58 Å². The largest absolute Gasteiger partial charge is 0.309 e. The molecule has 0 spiro atoms. The standard InChI is InChI=1S/C60H39N7/c1-2-16-38-29-32-55-47(35-38)44-21-8-13-26-52(44)65(55)41-31-34-57-49(37-41)46-23-10-15-28-54(46)67(57)60-62-58(39-17-4-3-5-18-39)61-59(63-60)66-53-27-14-9-22-45(53)48-36-40(30-33-56(48)66)64-50-24-11-6-19-42(50)43-20-7-12-25-51(43)64/h2-15,17-37H,1,16H2. The van der Waals surface area contributed by atoms with Crippen molar-refractivity contribution in [1.29, 1.82) is 0 Å². The van der Waals surface area contributed by atoms with E-state index < -0.39 is 0 Å². The molecule has 0 saturated heterocycles. The van der Waals surface area contributed by atoms with E-state index in [9.17, 15) is 0 Å². The van der Waals surface area contributed by atoms with E-state index in [1.165, 1.54) is 49.2 Å². The van der Waals surface area contributed by atoms with Crippen LogP contribution in [0, 0.1) is 0 Å². The Morgan fingerprint density at radius 1 is 0.328 bits per heavy atom. The van der Waals surface area contributed by atoms with Gasteiger partial charge >= 0.3 is 0 Å². The number of allylic oxidation sites excluding steroid dienone is 1. The maximum absolute atomic E-state index is 5.46. The van der Waals surface area contributed by atoms with Gasteiger partial charge in [-0.25, -0.2) is 0 Å². The third kappa shape index (κ3) is 5.55. The summed E-state index contributed by atoms with van der Waals surface area (Å²) in [6, 6.07) is 73.7. The van der Waals surface area contributed by atoms with Crippen LogP contribution in [0.2, 0.25) is 0 Å². The minimum atomic E-state index is 0.544. The third-order valence-electron chi connectivity index (χ3n) is 13.6. The van der Waals surface area contributed by atoms with Crippen molar-refractivity contribution in [3.8, 4) is 34.7 Å².